The molecule has 0 radical (unpaired) electrons. The molecule has 2 aromatic heterocycles. The van der Waals surface area contributed by atoms with Crippen molar-refractivity contribution in [2.24, 2.45) is 0 Å². The Bertz CT molecular complexity index is 4810. The fourth-order valence-corrected chi connectivity index (χ4v) is 12.7. The summed E-state index contributed by atoms with van der Waals surface area (Å²) in [5.74, 6) is 0. The number of rotatable bonds is 6. The van der Waals surface area contributed by atoms with Crippen LogP contribution < -0.4 is 0 Å². The summed E-state index contributed by atoms with van der Waals surface area (Å²) in [6.07, 6.45) is 0. The lowest BCUT2D eigenvalue weighted by Crippen LogP contribution is -1.96. The second-order valence-corrected chi connectivity index (χ2v) is 20.0. The second-order valence-electron chi connectivity index (χ2n) is 20.0. The summed E-state index contributed by atoms with van der Waals surface area (Å²) in [5.41, 5.74) is 22.0. The van der Waals surface area contributed by atoms with Gasteiger partial charge in [-0.2, -0.15) is 0 Å². The Balaban J connectivity index is 0.880. The zero-order chi connectivity index (χ0) is 48.4. The summed E-state index contributed by atoms with van der Waals surface area (Å²) in [6.45, 7) is 0. The summed E-state index contributed by atoms with van der Waals surface area (Å²) in [5, 5.41) is 12.5. The van der Waals surface area contributed by atoms with Crippen molar-refractivity contribution in [3.63, 3.8) is 0 Å². The van der Waals surface area contributed by atoms with Crippen molar-refractivity contribution >= 4 is 75.9 Å². The molecule has 0 bridgehead atoms. The number of nitrogens with zero attached hydrogens (tertiary/aromatic N) is 2. The van der Waals surface area contributed by atoms with Crippen molar-refractivity contribution in [1.29, 1.82) is 0 Å². The third-order valence-electron chi connectivity index (χ3n) is 16.0. The zero-order valence-electron chi connectivity index (χ0n) is 40.3. The quantitative estimate of drug-likeness (QED) is 0.157. The molecule has 0 fully saturated rings. The van der Waals surface area contributed by atoms with Crippen LogP contribution >= 0.6 is 0 Å². The van der Waals surface area contributed by atoms with E-state index >= 15 is 0 Å². The van der Waals surface area contributed by atoms with Crippen LogP contribution in [0.4, 0.5) is 0 Å². The Kier molecular flexibility index (Phi) is 8.78. The minimum Gasteiger partial charge on any atom is -0.309 e. The van der Waals surface area contributed by atoms with Gasteiger partial charge in [-0.05, 0) is 178 Å². The van der Waals surface area contributed by atoms with Gasteiger partial charge >= 0.3 is 0 Å². The first kappa shape index (κ1) is 40.9. The fourth-order valence-electron chi connectivity index (χ4n) is 12.7. The van der Waals surface area contributed by atoms with Gasteiger partial charge in [0.25, 0.3) is 0 Å². The van der Waals surface area contributed by atoms with E-state index < -0.39 is 0 Å². The molecular formula is C72H44N2. The average Bonchev–Trinajstić information content (AvgIpc) is 4.11. The lowest BCUT2D eigenvalue weighted by Gasteiger charge is -2.21. The monoisotopic (exact) mass is 936 g/mol. The number of fused-ring (bicyclic) bond motifs is 11. The Morgan fingerprint density at radius 2 is 0.649 bits per heavy atom. The van der Waals surface area contributed by atoms with Crippen LogP contribution in [0.1, 0.15) is 0 Å². The van der Waals surface area contributed by atoms with Crippen LogP contribution in [0.5, 0.6) is 0 Å². The van der Waals surface area contributed by atoms with Crippen LogP contribution in [0.25, 0.3) is 154 Å². The molecule has 1 aliphatic rings. The van der Waals surface area contributed by atoms with Crippen LogP contribution in [-0.2, 0) is 0 Å². The minimum absolute atomic E-state index is 1.13. The van der Waals surface area contributed by atoms with Crippen LogP contribution in [0, 0.1) is 0 Å². The van der Waals surface area contributed by atoms with Crippen molar-refractivity contribution in [3.05, 3.63) is 267 Å². The number of aromatic nitrogens is 2. The fraction of sp³-hybridized carbons (Fsp3) is 0. The van der Waals surface area contributed by atoms with Crippen LogP contribution in [0.3, 0.4) is 0 Å². The molecule has 0 atom stereocenters. The molecule has 0 amide bonds. The Hall–Kier alpha value is -9.76. The summed E-state index contributed by atoms with van der Waals surface area (Å²) < 4.78 is 4.83. The lowest BCUT2D eigenvalue weighted by molar-refractivity contribution is 1.18. The molecule has 0 unspecified atom stereocenters. The van der Waals surface area contributed by atoms with Crippen LogP contribution in [-0.4, -0.2) is 9.13 Å². The smallest absolute Gasteiger partial charge is 0.0541 e. The molecule has 0 aliphatic heterocycles. The van der Waals surface area contributed by atoms with Crippen molar-refractivity contribution in [2.75, 3.05) is 0 Å². The van der Waals surface area contributed by atoms with Crippen LogP contribution in [0.15, 0.2) is 267 Å². The summed E-state index contributed by atoms with van der Waals surface area (Å²) in [7, 11) is 0. The van der Waals surface area contributed by atoms with Gasteiger partial charge in [-0.15, -0.1) is 0 Å². The van der Waals surface area contributed by atoms with Gasteiger partial charge in [0.15, 0.2) is 0 Å². The van der Waals surface area contributed by atoms with Gasteiger partial charge in [-0.3, -0.25) is 0 Å². The van der Waals surface area contributed by atoms with Crippen molar-refractivity contribution in [2.45, 2.75) is 0 Å². The largest absolute Gasteiger partial charge is 0.309 e. The highest BCUT2D eigenvalue weighted by Crippen LogP contribution is 2.57. The van der Waals surface area contributed by atoms with Gasteiger partial charge in [0.05, 0.1) is 22.1 Å². The summed E-state index contributed by atoms with van der Waals surface area (Å²) in [4.78, 5) is 0. The van der Waals surface area contributed by atoms with Crippen molar-refractivity contribution in [1.82, 2.24) is 9.13 Å². The molecule has 2 nitrogen and oxygen atoms in total. The van der Waals surface area contributed by atoms with E-state index in [2.05, 4.69) is 276 Å². The predicted octanol–water partition coefficient (Wildman–Crippen LogP) is 19.7. The van der Waals surface area contributed by atoms with Gasteiger partial charge in [0.2, 0.25) is 0 Å². The number of para-hydroxylation sites is 3. The summed E-state index contributed by atoms with van der Waals surface area (Å²) in [6, 6.07) is 99.3. The van der Waals surface area contributed by atoms with E-state index in [9.17, 15) is 0 Å². The van der Waals surface area contributed by atoms with Crippen molar-refractivity contribution in [3.8, 4) is 78.1 Å². The van der Waals surface area contributed by atoms with Gasteiger partial charge in [0, 0.05) is 32.9 Å². The highest BCUT2D eigenvalue weighted by atomic mass is 15.0. The first-order chi connectivity index (χ1) is 36.7. The predicted molar refractivity (Wildman–Crippen MR) is 314 cm³/mol. The molecule has 1 aliphatic carbocycles. The molecule has 0 saturated heterocycles. The topological polar surface area (TPSA) is 9.86 Å². The number of hydrogen-bond donors (Lipinski definition) is 0. The van der Waals surface area contributed by atoms with E-state index in [0.717, 1.165) is 5.69 Å². The van der Waals surface area contributed by atoms with E-state index in [1.54, 1.807) is 0 Å². The second kappa shape index (κ2) is 15.9. The molecule has 74 heavy (non-hydrogen) atoms. The van der Waals surface area contributed by atoms with Crippen molar-refractivity contribution < 1.29 is 0 Å². The molecule has 13 aromatic carbocycles. The molecule has 16 rings (SSSR count). The maximum absolute atomic E-state index is 2.49. The molecule has 0 spiro atoms. The average molecular weight is 937 g/mol. The third kappa shape index (κ3) is 6.06. The standard InChI is InChI=1S/C72H44N2/c1-2-20-55(21-3-1)73-65-26-10-8-22-57(65)63-42-51(34-38-67(63)73)52-35-39-68-64(43-52)58-23-9-11-27-66(58)74(68)56-36-32-47(33-37-56)61-44-62(53-30-28-45-14-4-6-16-49(45)40-53)71-59-24-12-18-48-19-13-25-60(69(48)59)72(71)70(61)54-31-29-46-15-5-7-17-50(46)41-54/h1-44H. The SMILES string of the molecule is c1ccc(-n2c3ccccc3c3cc(-c4ccc5c(c4)c4ccccc4n5-c4ccc(-c5cc(-c6ccc7ccccc7c6)c6c(c5-c5ccc7ccccc7c5)-c5cccc7cccc-6c57)cc4)ccc32)cc1. The Morgan fingerprint density at radius 1 is 0.203 bits per heavy atom. The molecular weight excluding hydrogens is 893 g/mol. The third-order valence-corrected chi connectivity index (χ3v) is 16.0. The molecule has 15 aromatic rings. The lowest BCUT2D eigenvalue weighted by atomic mass is 9.81. The maximum atomic E-state index is 2.49. The minimum atomic E-state index is 1.13. The van der Waals surface area contributed by atoms with E-state index in [0.29, 0.717) is 0 Å². The van der Waals surface area contributed by atoms with Gasteiger partial charge < -0.3 is 9.13 Å². The van der Waals surface area contributed by atoms with Gasteiger partial charge in [-0.25, -0.2) is 0 Å². The molecule has 0 N–H and O–H groups in total. The Morgan fingerprint density at radius 3 is 1.27 bits per heavy atom. The van der Waals surface area contributed by atoms with E-state index in [1.165, 1.54) is 148 Å². The first-order valence-corrected chi connectivity index (χ1v) is 25.7. The summed E-state index contributed by atoms with van der Waals surface area (Å²) >= 11 is 0. The normalized spacial score (nSPS) is 12.1. The highest BCUT2D eigenvalue weighted by Gasteiger charge is 2.30. The van der Waals surface area contributed by atoms with Gasteiger partial charge in [0.1, 0.15) is 0 Å². The molecule has 342 valence electrons. The molecule has 0 saturated carbocycles. The van der Waals surface area contributed by atoms with E-state index in [4.69, 9.17) is 0 Å². The molecule has 2 heterocycles. The first-order valence-electron chi connectivity index (χ1n) is 25.7. The van der Waals surface area contributed by atoms with E-state index in [-0.39, 0.29) is 0 Å². The molecule has 2 heteroatoms. The van der Waals surface area contributed by atoms with Gasteiger partial charge in [-0.1, -0.05) is 188 Å². The van der Waals surface area contributed by atoms with Crippen LogP contribution in [0.2, 0.25) is 0 Å². The maximum Gasteiger partial charge on any atom is 0.0541 e. The zero-order valence-corrected chi connectivity index (χ0v) is 40.3. The number of benzene rings is 13. The number of hydrogen-bond acceptors (Lipinski definition) is 0. The highest BCUT2D eigenvalue weighted by molar-refractivity contribution is 6.23. The van der Waals surface area contributed by atoms with E-state index in [1.807, 2.05) is 0 Å². The Labute approximate surface area is 427 Å².